The van der Waals surface area contributed by atoms with E-state index in [0.29, 0.717) is 18.8 Å². The third-order valence-electron chi connectivity index (χ3n) is 5.12. The quantitative estimate of drug-likeness (QED) is 0.774. The molecule has 2 aromatic carbocycles. The molecule has 1 N–H and O–H groups in total. The molecule has 0 spiro atoms. The third-order valence-corrected chi connectivity index (χ3v) is 7.18. The number of carbonyl (C=O) groups is 1. The third kappa shape index (κ3) is 3.91. The van der Waals surface area contributed by atoms with Crippen LogP contribution >= 0.6 is 0 Å². The summed E-state index contributed by atoms with van der Waals surface area (Å²) in [5, 5.41) is 3.11. The van der Waals surface area contributed by atoms with Gasteiger partial charge in [-0.05, 0) is 49.2 Å². The van der Waals surface area contributed by atoms with E-state index in [1.165, 1.54) is 9.87 Å². The van der Waals surface area contributed by atoms with Crippen LogP contribution in [0.3, 0.4) is 0 Å². The number of carbonyl (C=O) groups excluding carboxylic acids is 1. The number of anilines is 2. The molecule has 0 saturated heterocycles. The molecule has 2 aromatic rings. The number of hydrogen-bond donors (Lipinski definition) is 1. The second-order valence-corrected chi connectivity index (χ2v) is 8.85. The molecular weight excluding hydrogens is 374 g/mol. The molecule has 1 atom stereocenters. The fourth-order valence-corrected chi connectivity index (χ4v) is 5.12. The SMILES string of the molecule is CCN(CC)S(=O)(=O)c1ccc(NCC(=O)N2c3ccccc3C[C@@H]2C)cc1. The summed E-state index contributed by atoms with van der Waals surface area (Å²) in [6, 6.07) is 14.7. The van der Waals surface area contributed by atoms with E-state index in [4.69, 9.17) is 0 Å². The highest BCUT2D eigenvalue weighted by molar-refractivity contribution is 7.89. The molecule has 3 rings (SSSR count). The number of benzene rings is 2. The Morgan fingerprint density at radius 3 is 2.39 bits per heavy atom. The van der Waals surface area contributed by atoms with Crippen molar-refractivity contribution in [1.29, 1.82) is 0 Å². The van der Waals surface area contributed by atoms with Crippen molar-refractivity contribution in [3.8, 4) is 0 Å². The maximum Gasteiger partial charge on any atom is 0.246 e. The van der Waals surface area contributed by atoms with Crippen molar-refractivity contribution >= 4 is 27.3 Å². The lowest BCUT2D eigenvalue weighted by molar-refractivity contribution is -0.117. The number of hydrogen-bond acceptors (Lipinski definition) is 4. The molecule has 150 valence electrons. The van der Waals surface area contributed by atoms with E-state index in [1.807, 2.05) is 43.9 Å². The van der Waals surface area contributed by atoms with Gasteiger partial charge in [0.15, 0.2) is 0 Å². The van der Waals surface area contributed by atoms with Gasteiger partial charge in [-0.1, -0.05) is 32.0 Å². The van der Waals surface area contributed by atoms with Crippen LogP contribution in [0.15, 0.2) is 53.4 Å². The van der Waals surface area contributed by atoms with Crippen molar-refractivity contribution in [2.45, 2.75) is 38.1 Å². The molecule has 28 heavy (non-hydrogen) atoms. The van der Waals surface area contributed by atoms with E-state index in [0.717, 1.165) is 12.1 Å². The van der Waals surface area contributed by atoms with Gasteiger partial charge in [-0.25, -0.2) is 8.42 Å². The van der Waals surface area contributed by atoms with E-state index >= 15 is 0 Å². The van der Waals surface area contributed by atoms with Crippen molar-refractivity contribution in [3.05, 3.63) is 54.1 Å². The van der Waals surface area contributed by atoms with Gasteiger partial charge in [-0.3, -0.25) is 4.79 Å². The summed E-state index contributed by atoms with van der Waals surface area (Å²) in [4.78, 5) is 14.8. The van der Waals surface area contributed by atoms with Gasteiger partial charge in [-0.2, -0.15) is 4.31 Å². The normalized spacial score (nSPS) is 16.3. The molecule has 0 saturated carbocycles. The lowest BCUT2D eigenvalue weighted by Crippen LogP contribution is -2.39. The predicted octanol–water partition coefficient (Wildman–Crippen LogP) is 3.11. The van der Waals surface area contributed by atoms with Crippen LogP contribution in [0.2, 0.25) is 0 Å². The second kappa shape index (κ2) is 8.32. The Balaban J connectivity index is 1.66. The van der Waals surface area contributed by atoms with Gasteiger partial charge >= 0.3 is 0 Å². The smallest absolute Gasteiger partial charge is 0.246 e. The Morgan fingerprint density at radius 1 is 1.11 bits per heavy atom. The standard InChI is InChI=1S/C21H27N3O3S/c1-4-23(5-2)28(26,27)19-12-10-18(11-13-19)22-15-21(25)24-16(3)14-17-8-6-7-9-20(17)24/h6-13,16,22H,4-5,14-15H2,1-3H3/t16-/m0/s1. The van der Waals surface area contributed by atoms with Crippen LogP contribution in [0, 0.1) is 0 Å². The van der Waals surface area contributed by atoms with E-state index in [-0.39, 0.29) is 23.4 Å². The summed E-state index contributed by atoms with van der Waals surface area (Å²) in [5.41, 5.74) is 2.88. The minimum atomic E-state index is -3.47. The molecule has 0 fully saturated rings. The molecule has 0 bridgehead atoms. The van der Waals surface area contributed by atoms with Crippen molar-refractivity contribution < 1.29 is 13.2 Å². The molecule has 1 heterocycles. The number of sulfonamides is 1. The van der Waals surface area contributed by atoms with E-state index in [2.05, 4.69) is 11.4 Å². The summed E-state index contributed by atoms with van der Waals surface area (Å²) in [5.74, 6) is -0.00251. The highest BCUT2D eigenvalue weighted by Gasteiger charge is 2.30. The van der Waals surface area contributed by atoms with Crippen LogP contribution in [0.25, 0.3) is 0 Å². The Kier molecular flexibility index (Phi) is 6.05. The summed E-state index contributed by atoms with van der Waals surface area (Å²) < 4.78 is 26.5. The maximum atomic E-state index is 12.7. The molecular formula is C21H27N3O3S. The van der Waals surface area contributed by atoms with E-state index < -0.39 is 10.0 Å². The largest absolute Gasteiger partial charge is 0.376 e. The monoisotopic (exact) mass is 401 g/mol. The molecule has 1 aliphatic rings. The molecule has 7 heteroatoms. The first-order valence-corrected chi connectivity index (χ1v) is 11.1. The topological polar surface area (TPSA) is 69.7 Å². The molecule has 6 nitrogen and oxygen atoms in total. The first kappa shape index (κ1) is 20.4. The summed E-state index contributed by atoms with van der Waals surface area (Å²) in [6.07, 6.45) is 0.861. The molecule has 0 radical (unpaired) electrons. The first-order valence-electron chi connectivity index (χ1n) is 9.62. The van der Waals surface area contributed by atoms with E-state index in [1.54, 1.807) is 24.3 Å². The average Bonchev–Trinajstić information content (AvgIpc) is 3.03. The van der Waals surface area contributed by atoms with Crippen molar-refractivity contribution in [2.24, 2.45) is 0 Å². The van der Waals surface area contributed by atoms with E-state index in [9.17, 15) is 13.2 Å². The molecule has 0 aromatic heterocycles. The van der Waals surface area contributed by atoms with Crippen LogP contribution in [0.5, 0.6) is 0 Å². The van der Waals surface area contributed by atoms with Gasteiger partial charge in [0, 0.05) is 30.5 Å². The minimum Gasteiger partial charge on any atom is -0.376 e. The van der Waals surface area contributed by atoms with Crippen molar-refractivity contribution in [2.75, 3.05) is 29.9 Å². The molecule has 0 aliphatic carbocycles. The van der Waals surface area contributed by atoms with Crippen LogP contribution in [0.1, 0.15) is 26.3 Å². The van der Waals surface area contributed by atoms with Gasteiger partial charge in [-0.15, -0.1) is 0 Å². The zero-order chi connectivity index (χ0) is 20.3. The number of fused-ring (bicyclic) bond motifs is 1. The lowest BCUT2D eigenvalue weighted by atomic mass is 10.1. The summed E-state index contributed by atoms with van der Waals surface area (Å²) >= 11 is 0. The number of nitrogens with zero attached hydrogens (tertiary/aromatic N) is 2. The van der Waals surface area contributed by atoms with Gasteiger partial charge in [0.25, 0.3) is 0 Å². The van der Waals surface area contributed by atoms with Gasteiger partial charge in [0.05, 0.1) is 11.4 Å². The zero-order valence-corrected chi connectivity index (χ0v) is 17.4. The fraction of sp³-hybridized carbons (Fsp3) is 0.381. The summed E-state index contributed by atoms with van der Waals surface area (Å²) in [6.45, 7) is 6.71. The number of nitrogens with one attached hydrogen (secondary N) is 1. The Morgan fingerprint density at radius 2 is 1.75 bits per heavy atom. The predicted molar refractivity (Wildman–Crippen MR) is 112 cm³/mol. The maximum absolute atomic E-state index is 12.7. The van der Waals surface area contributed by atoms with Crippen LogP contribution in [-0.2, 0) is 21.2 Å². The first-order chi connectivity index (χ1) is 13.4. The van der Waals surface area contributed by atoms with Crippen molar-refractivity contribution in [3.63, 3.8) is 0 Å². The molecule has 1 amide bonds. The molecule has 0 unspecified atom stereocenters. The highest BCUT2D eigenvalue weighted by Crippen LogP contribution is 2.31. The van der Waals surface area contributed by atoms with Gasteiger partial charge in [0.2, 0.25) is 15.9 Å². The average molecular weight is 402 g/mol. The fourth-order valence-electron chi connectivity index (χ4n) is 3.67. The van der Waals surface area contributed by atoms with Crippen LogP contribution < -0.4 is 10.2 Å². The summed E-state index contributed by atoms with van der Waals surface area (Å²) in [7, 11) is -3.47. The zero-order valence-electron chi connectivity index (χ0n) is 16.6. The lowest BCUT2D eigenvalue weighted by Gasteiger charge is -2.23. The Labute approximate surface area is 167 Å². The second-order valence-electron chi connectivity index (χ2n) is 6.91. The Bertz CT molecular complexity index is 938. The van der Waals surface area contributed by atoms with Crippen LogP contribution in [-0.4, -0.2) is 44.3 Å². The molecule has 1 aliphatic heterocycles. The minimum absolute atomic E-state index is 0.00251. The number of para-hydroxylation sites is 1. The van der Waals surface area contributed by atoms with Gasteiger partial charge < -0.3 is 10.2 Å². The Hall–Kier alpha value is -2.38. The van der Waals surface area contributed by atoms with Crippen LogP contribution in [0.4, 0.5) is 11.4 Å². The highest BCUT2D eigenvalue weighted by atomic mass is 32.2. The number of rotatable bonds is 7. The number of amides is 1. The van der Waals surface area contributed by atoms with Crippen molar-refractivity contribution in [1.82, 2.24) is 4.31 Å². The van der Waals surface area contributed by atoms with Gasteiger partial charge in [0.1, 0.15) is 0 Å².